The maximum Gasteiger partial charge on any atom is 0.0562 e. The third kappa shape index (κ3) is 1.60. The third-order valence-corrected chi connectivity index (χ3v) is 5.19. The van der Waals surface area contributed by atoms with E-state index in [4.69, 9.17) is 4.74 Å². The Kier molecular flexibility index (Phi) is 2.94. The highest BCUT2D eigenvalue weighted by Gasteiger charge is 2.52. The Bertz CT molecular complexity index is 242. The highest BCUT2D eigenvalue weighted by atomic mass is 16.5. The van der Waals surface area contributed by atoms with Crippen molar-refractivity contribution in [3.8, 4) is 0 Å². The van der Waals surface area contributed by atoms with Gasteiger partial charge in [0.15, 0.2) is 0 Å². The van der Waals surface area contributed by atoms with Crippen molar-refractivity contribution >= 4 is 0 Å². The van der Waals surface area contributed by atoms with Crippen LogP contribution in [0.15, 0.2) is 0 Å². The van der Waals surface area contributed by atoms with Crippen LogP contribution in [0.2, 0.25) is 0 Å². The molecule has 1 unspecified atom stereocenters. The number of hydrogen-bond acceptors (Lipinski definition) is 3. The lowest BCUT2D eigenvalue weighted by molar-refractivity contribution is -0.197. The average molecular weight is 224 g/mol. The Balaban J connectivity index is 1.68. The van der Waals surface area contributed by atoms with Gasteiger partial charge in [0.25, 0.3) is 0 Å². The fraction of sp³-hybridized carbons (Fsp3) is 1.00. The number of piperazine rings is 1. The van der Waals surface area contributed by atoms with Crippen LogP contribution in [0.4, 0.5) is 0 Å². The van der Waals surface area contributed by atoms with Crippen LogP contribution in [0.5, 0.6) is 0 Å². The molecule has 3 fully saturated rings. The first kappa shape index (κ1) is 11.0. The van der Waals surface area contributed by atoms with Gasteiger partial charge in [-0.05, 0) is 25.7 Å². The summed E-state index contributed by atoms with van der Waals surface area (Å²) in [6.45, 7) is 9.22. The highest BCUT2D eigenvalue weighted by molar-refractivity contribution is 5.02. The average Bonchev–Trinajstić information content (AvgIpc) is 2.21. The van der Waals surface area contributed by atoms with Gasteiger partial charge in [-0.25, -0.2) is 0 Å². The van der Waals surface area contributed by atoms with Crippen molar-refractivity contribution in [1.82, 2.24) is 10.2 Å². The molecule has 0 spiro atoms. The number of nitrogens with zero attached hydrogens (tertiary/aromatic N) is 1. The molecule has 3 rings (SSSR count). The van der Waals surface area contributed by atoms with Crippen LogP contribution < -0.4 is 5.32 Å². The molecule has 92 valence electrons. The zero-order valence-electron chi connectivity index (χ0n) is 10.4. The van der Waals surface area contributed by atoms with Gasteiger partial charge in [0, 0.05) is 37.6 Å². The summed E-state index contributed by atoms with van der Waals surface area (Å²) < 4.78 is 5.56. The molecular weight excluding hydrogens is 200 g/mol. The number of ether oxygens (including phenoxy) is 1. The lowest BCUT2D eigenvalue weighted by atomic mass is 9.60. The molecule has 0 amide bonds. The number of rotatable bonds is 3. The van der Waals surface area contributed by atoms with E-state index in [-0.39, 0.29) is 0 Å². The monoisotopic (exact) mass is 224 g/mol. The minimum atomic E-state index is 0.510. The molecule has 2 heterocycles. The van der Waals surface area contributed by atoms with Gasteiger partial charge in [-0.3, -0.25) is 4.90 Å². The van der Waals surface area contributed by atoms with Crippen molar-refractivity contribution in [3.05, 3.63) is 0 Å². The fourth-order valence-corrected chi connectivity index (χ4v) is 3.57. The molecule has 1 N–H and O–H groups in total. The van der Waals surface area contributed by atoms with Crippen LogP contribution in [0, 0.1) is 11.3 Å². The van der Waals surface area contributed by atoms with Crippen LogP contribution in [0.1, 0.15) is 26.2 Å². The molecule has 1 atom stereocenters. The van der Waals surface area contributed by atoms with Gasteiger partial charge in [0.05, 0.1) is 13.2 Å². The second-order valence-corrected chi connectivity index (χ2v) is 5.82. The van der Waals surface area contributed by atoms with E-state index in [2.05, 4.69) is 17.1 Å². The zero-order valence-corrected chi connectivity index (χ0v) is 10.4. The Morgan fingerprint density at radius 2 is 1.94 bits per heavy atom. The Hall–Kier alpha value is -0.120. The van der Waals surface area contributed by atoms with Gasteiger partial charge >= 0.3 is 0 Å². The lowest BCUT2D eigenvalue weighted by Crippen LogP contribution is -2.64. The summed E-state index contributed by atoms with van der Waals surface area (Å²) in [6, 6.07) is 0.716. The van der Waals surface area contributed by atoms with Crippen LogP contribution in [0.25, 0.3) is 0 Å². The molecule has 1 saturated carbocycles. The molecule has 3 nitrogen and oxygen atoms in total. The van der Waals surface area contributed by atoms with Crippen molar-refractivity contribution in [2.75, 3.05) is 39.4 Å². The largest absolute Gasteiger partial charge is 0.380 e. The molecule has 0 aromatic rings. The van der Waals surface area contributed by atoms with E-state index < -0.39 is 0 Å². The Labute approximate surface area is 98.5 Å². The quantitative estimate of drug-likeness (QED) is 0.777. The predicted octanol–water partition coefficient (Wildman–Crippen LogP) is 1.10. The van der Waals surface area contributed by atoms with Gasteiger partial charge in [-0.15, -0.1) is 0 Å². The van der Waals surface area contributed by atoms with Gasteiger partial charge in [-0.2, -0.15) is 0 Å². The van der Waals surface area contributed by atoms with Crippen molar-refractivity contribution < 1.29 is 4.74 Å². The van der Waals surface area contributed by atoms with E-state index in [1.165, 1.54) is 32.4 Å². The van der Waals surface area contributed by atoms with Crippen LogP contribution in [-0.2, 0) is 4.74 Å². The van der Waals surface area contributed by atoms with Crippen LogP contribution in [0.3, 0.4) is 0 Å². The maximum atomic E-state index is 5.56. The first-order valence-corrected chi connectivity index (χ1v) is 6.85. The molecule has 0 bridgehead atoms. The van der Waals surface area contributed by atoms with Gasteiger partial charge < -0.3 is 10.1 Å². The summed E-state index contributed by atoms with van der Waals surface area (Å²) in [5, 5.41) is 3.44. The molecule has 16 heavy (non-hydrogen) atoms. The molecule has 3 heteroatoms. The third-order valence-electron chi connectivity index (χ3n) is 5.19. The lowest BCUT2D eigenvalue weighted by Gasteiger charge is -2.57. The van der Waals surface area contributed by atoms with Crippen molar-refractivity contribution in [2.24, 2.45) is 11.3 Å². The summed E-state index contributed by atoms with van der Waals surface area (Å²) in [4.78, 5) is 2.68. The molecule has 0 aromatic carbocycles. The number of hydrogen-bond donors (Lipinski definition) is 1. The van der Waals surface area contributed by atoms with Crippen LogP contribution in [-0.4, -0.2) is 50.3 Å². The smallest absolute Gasteiger partial charge is 0.0562 e. The molecule has 3 aliphatic rings. The predicted molar refractivity (Wildman–Crippen MR) is 64.5 cm³/mol. The molecule has 2 aliphatic heterocycles. The standard InChI is InChI=1S/C13H24N2O/c1-11(15-7-5-14-6-8-15)13(9-16-10-13)12-3-2-4-12/h11-12,14H,2-10H2,1H3. The van der Waals surface area contributed by atoms with Crippen molar-refractivity contribution in [2.45, 2.75) is 32.2 Å². The first-order chi connectivity index (χ1) is 7.83. The van der Waals surface area contributed by atoms with Crippen molar-refractivity contribution in [3.63, 3.8) is 0 Å². The molecular formula is C13H24N2O. The number of nitrogens with one attached hydrogen (secondary N) is 1. The summed E-state index contributed by atoms with van der Waals surface area (Å²) in [6.07, 6.45) is 4.33. The SMILES string of the molecule is CC(N1CCNCC1)C1(C2CCC2)COC1. The maximum absolute atomic E-state index is 5.56. The second kappa shape index (κ2) is 4.28. The van der Waals surface area contributed by atoms with E-state index in [0.29, 0.717) is 11.5 Å². The zero-order chi connectivity index (χ0) is 11.0. The summed E-state index contributed by atoms with van der Waals surface area (Å²) in [5.74, 6) is 0.950. The Morgan fingerprint density at radius 3 is 2.38 bits per heavy atom. The molecule has 2 saturated heterocycles. The normalized spacial score (nSPS) is 32.8. The van der Waals surface area contributed by atoms with E-state index in [1.807, 2.05) is 0 Å². The van der Waals surface area contributed by atoms with Gasteiger partial charge in [0.2, 0.25) is 0 Å². The molecule has 0 radical (unpaired) electrons. The Morgan fingerprint density at radius 1 is 1.25 bits per heavy atom. The minimum Gasteiger partial charge on any atom is -0.380 e. The topological polar surface area (TPSA) is 24.5 Å². The summed E-state index contributed by atoms with van der Waals surface area (Å²) in [7, 11) is 0. The van der Waals surface area contributed by atoms with E-state index >= 15 is 0 Å². The van der Waals surface area contributed by atoms with E-state index in [1.54, 1.807) is 0 Å². The molecule has 1 aliphatic carbocycles. The summed E-state index contributed by atoms with van der Waals surface area (Å²) in [5.41, 5.74) is 0.510. The minimum absolute atomic E-state index is 0.510. The fourth-order valence-electron chi connectivity index (χ4n) is 3.57. The van der Waals surface area contributed by atoms with E-state index in [0.717, 1.165) is 32.2 Å². The van der Waals surface area contributed by atoms with Crippen LogP contribution >= 0.6 is 0 Å². The second-order valence-electron chi connectivity index (χ2n) is 5.82. The van der Waals surface area contributed by atoms with Gasteiger partial charge in [0.1, 0.15) is 0 Å². The van der Waals surface area contributed by atoms with Gasteiger partial charge in [-0.1, -0.05) is 6.42 Å². The van der Waals surface area contributed by atoms with Crippen molar-refractivity contribution in [1.29, 1.82) is 0 Å². The first-order valence-electron chi connectivity index (χ1n) is 6.85. The summed E-state index contributed by atoms with van der Waals surface area (Å²) >= 11 is 0. The highest BCUT2D eigenvalue weighted by Crippen LogP contribution is 2.50. The van der Waals surface area contributed by atoms with E-state index in [9.17, 15) is 0 Å². The molecule has 0 aromatic heterocycles.